The molecule has 0 spiro atoms. The third-order valence-electron chi connectivity index (χ3n) is 5.30. The minimum Gasteiger partial charge on any atom is -0.378 e. The Morgan fingerprint density at radius 2 is 1.16 bits per heavy atom. The van der Waals surface area contributed by atoms with Crippen molar-refractivity contribution in [3.8, 4) is 0 Å². The van der Waals surface area contributed by atoms with Crippen LogP contribution in [0.15, 0.2) is 58.9 Å². The van der Waals surface area contributed by atoms with E-state index in [0.717, 1.165) is 43.0 Å². The van der Waals surface area contributed by atoms with Gasteiger partial charge >= 0.3 is 0 Å². The summed E-state index contributed by atoms with van der Waals surface area (Å²) in [4.78, 5) is 4.04. The summed E-state index contributed by atoms with van der Waals surface area (Å²) >= 11 is 0. The van der Waals surface area contributed by atoms with Gasteiger partial charge < -0.3 is 19.3 Å². The molecule has 4 rings (SSSR count). The predicted molar refractivity (Wildman–Crippen MR) is 119 cm³/mol. The first-order chi connectivity index (χ1) is 15.2. The molecule has 2 aliphatic rings. The molecule has 0 bridgehead atoms. The fourth-order valence-electron chi connectivity index (χ4n) is 3.47. The smallest absolute Gasteiger partial charge is 0.128 e. The number of morpholine rings is 2. The summed E-state index contributed by atoms with van der Waals surface area (Å²) in [5.41, 5.74) is 6.14. The number of amidine groups is 2. The van der Waals surface area contributed by atoms with Crippen molar-refractivity contribution in [2.75, 3.05) is 58.0 Å². The fraction of sp³-hybridized carbons (Fsp3) is 0.364. The molecular formula is C22H27N7O2. The van der Waals surface area contributed by atoms with Gasteiger partial charge in [-0.2, -0.15) is 0 Å². The fourth-order valence-corrected chi connectivity index (χ4v) is 3.47. The Balaban J connectivity index is 1.30. The van der Waals surface area contributed by atoms with E-state index >= 15 is 0 Å². The number of rotatable bonds is 5. The second kappa shape index (κ2) is 10.1. The van der Waals surface area contributed by atoms with Crippen LogP contribution in [0.1, 0.15) is 11.1 Å². The van der Waals surface area contributed by atoms with Gasteiger partial charge in [0.1, 0.15) is 11.7 Å². The van der Waals surface area contributed by atoms with Crippen LogP contribution in [0.25, 0.3) is 0 Å². The monoisotopic (exact) mass is 421 g/mol. The van der Waals surface area contributed by atoms with Crippen molar-refractivity contribution in [3.05, 3.63) is 59.7 Å². The standard InChI is InChI=1S/C22H27N7O2/c23-21(28-9-13-30-14-10-28)17-1-5-19(6-2-17)25-27-26-20-7-3-18(4-8-20)22(24)29-11-15-31-16-12-29/h1-8,23-24H,9-16H2,(H,25,26). The lowest BCUT2D eigenvalue weighted by Crippen LogP contribution is -2.40. The number of nitrogens with zero attached hydrogens (tertiary/aromatic N) is 4. The average Bonchev–Trinajstić information content (AvgIpc) is 2.85. The average molecular weight is 422 g/mol. The second-order valence-corrected chi connectivity index (χ2v) is 7.33. The molecule has 9 heteroatoms. The molecule has 3 N–H and O–H groups in total. The first-order valence-electron chi connectivity index (χ1n) is 10.4. The van der Waals surface area contributed by atoms with E-state index in [1.807, 2.05) is 58.3 Å². The second-order valence-electron chi connectivity index (χ2n) is 7.33. The molecule has 0 aliphatic carbocycles. The normalized spacial score (nSPS) is 17.0. The molecule has 0 amide bonds. The molecule has 0 radical (unpaired) electrons. The minimum atomic E-state index is 0.507. The highest BCUT2D eigenvalue weighted by Gasteiger charge is 2.16. The number of nitrogens with one attached hydrogen (secondary N) is 3. The van der Waals surface area contributed by atoms with Gasteiger partial charge in [-0.1, -0.05) is 5.22 Å². The lowest BCUT2D eigenvalue weighted by molar-refractivity contribution is 0.0679. The Morgan fingerprint density at radius 3 is 1.65 bits per heavy atom. The van der Waals surface area contributed by atoms with Crippen molar-refractivity contribution < 1.29 is 9.47 Å². The Morgan fingerprint density at radius 1 is 0.710 bits per heavy atom. The molecule has 9 nitrogen and oxygen atoms in total. The van der Waals surface area contributed by atoms with E-state index in [1.165, 1.54) is 0 Å². The predicted octanol–water partition coefficient (Wildman–Crippen LogP) is 3.11. The summed E-state index contributed by atoms with van der Waals surface area (Å²) in [6.45, 7) is 5.64. The van der Waals surface area contributed by atoms with Crippen molar-refractivity contribution >= 4 is 23.0 Å². The van der Waals surface area contributed by atoms with Crippen LogP contribution in [-0.4, -0.2) is 74.1 Å². The van der Waals surface area contributed by atoms with Crippen LogP contribution in [0.2, 0.25) is 0 Å². The zero-order valence-corrected chi connectivity index (χ0v) is 17.4. The molecule has 0 saturated carbocycles. The first-order valence-corrected chi connectivity index (χ1v) is 10.4. The van der Waals surface area contributed by atoms with Gasteiger partial charge in [-0.3, -0.25) is 16.2 Å². The zero-order chi connectivity index (χ0) is 21.5. The molecule has 2 heterocycles. The molecule has 31 heavy (non-hydrogen) atoms. The van der Waals surface area contributed by atoms with E-state index < -0.39 is 0 Å². The summed E-state index contributed by atoms with van der Waals surface area (Å²) in [6.07, 6.45) is 0. The van der Waals surface area contributed by atoms with Gasteiger partial charge in [0, 0.05) is 37.3 Å². The van der Waals surface area contributed by atoms with Crippen LogP contribution >= 0.6 is 0 Å². The molecule has 2 aromatic rings. The van der Waals surface area contributed by atoms with Gasteiger partial charge in [-0.25, -0.2) is 0 Å². The van der Waals surface area contributed by atoms with Crippen molar-refractivity contribution in [3.63, 3.8) is 0 Å². The van der Waals surface area contributed by atoms with Crippen LogP contribution in [0.3, 0.4) is 0 Å². The minimum absolute atomic E-state index is 0.507. The van der Waals surface area contributed by atoms with Gasteiger partial charge in [0.15, 0.2) is 0 Å². The first kappa shape index (κ1) is 21.0. The maximum Gasteiger partial charge on any atom is 0.128 e. The highest BCUT2D eigenvalue weighted by Crippen LogP contribution is 2.17. The largest absolute Gasteiger partial charge is 0.378 e. The molecule has 0 atom stereocenters. The maximum absolute atomic E-state index is 8.34. The molecule has 2 aromatic carbocycles. The van der Waals surface area contributed by atoms with Crippen LogP contribution in [0.4, 0.5) is 11.4 Å². The van der Waals surface area contributed by atoms with Crippen molar-refractivity contribution in [1.82, 2.24) is 9.80 Å². The van der Waals surface area contributed by atoms with Gasteiger partial charge in [0.2, 0.25) is 0 Å². The van der Waals surface area contributed by atoms with Crippen molar-refractivity contribution in [1.29, 1.82) is 10.8 Å². The molecule has 0 unspecified atom stereocenters. The molecule has 2 aliphatic heterocycles. The number of hydrogen-bond donors (Lipinski definition) is 3. The molecule has 0 aromatic heterocycles. The van der Waals surface area contributed by atoms with Crippen LogP contribution in [-0.2, 0) is 9.47 Å². The van der Waals surface area contributed by atoms with Crippen LogP contribution in [0, 0.1) is 10.8 Å². The lowest BCUT2D eigenvalue weighted by Gasteiger charge is -2.29. The molecular weight excluding hydrogens is 394 g/mol. The van der Waals surface area contributed by atoms with Crippen molar-refractivity contribution in [2.45, 2.75) is 0 Å². The van der Waals surface area contributed by atoms with E-state index in [2.05, 4.69) is 15.8 Å². The Kier molecular flexibility index (Phi) is 6.85. The van der Waals surface area contributed by atoms with Gasteiger partial charge in [-0.15, -0.1) is 5.11 Å². The summed E-state index contributed by atoms with van der Waals surface area (Å²) in [6, 6.07) is 15.1. The Labute approximate surface area is 181 Å². The lowest BCUT2D eigenvalue weighted by atomic mass is 10.1. The number of ether oxygens (including phenoxy) is 2. The summed E-state index contributed by atoms with van der Waals surface area (Å²) in [5.74, 6) is 1.02. The number of anilines is 1. The summed E-state index contributed by atoms with van der Waals surface area (Å²) < 4.78 is 10.7. The van der Waals surface area contributed by atoms with E-state index in [1.54, 1.807) is 0 Å². The quantitative estimate of drug-likeness (QED) is 0.297. The highest BCUT2D eigenvalue weighted by molar-refractivity contribution is 5.97. The summed E-state index contributed by atoms with van der Waals surface area (Å²) in [7, 11) is 0. The third kappa shape index (κ3) is 5.44. The van der Waals surface area contributed by atoms with Crippen LogP contribution in [0.5, 0.6) is 0 Å². The zero-order valence-electron chi connectivity index (χ0n) is 17.4. The highest BCUT2D eigenvalue weighted by atomic mass is 16.5. The van der Waals surface area contributed by atoms with E-state index in [0.29, 0.717) is 43.8 Å². The molecule has 2 fully saturated rings. The third-order valence-corrected chi connectivity index (χ3v) is 5.30. The van der Waals surface area contributed by atoms with Gasteiger partial charge in [0.05, 0.1) is 37.8 Å². The summed E-state index contributed by atoms with van der Waals surface area (Å²) in [5, 5.41) is 24.9. The van der Waals surface area contributed by atoms with E-state index in [-0.39, 0.29) is 0 Å². The molecule has 162 valence electrons. The molecule has 2 saturated heterocycles. The topological polar surface area (TPSA) is 109 Å². The van der Waals surface area contributed by atoms with Gasteiger partial charge in [-0.05, 0) is 48.5 Å². The Hall–Kier alpha value is -3.30. The Bertz CT molecular complexity index is 916. The van der Waals surface area contributed by atoms with Crippen molar-refractivity contribution in [2.24, 2.45) is 10.3 Å². The van der Waals surface area contributed by atoms with Gasteiger partial charge in [0.25, 0.3) is 0 Å². The number of hydrogen-bond acceptors (Lipinski definition) is 6. The van der Waals surface area contributed by atoms with E-state index in [4.69, 9.17) is 20.3 Å². The van der Waals surface area contributed by atoms with E-state index in [9.17, 15) is 0 Å². The number of benzene rings is 2. The SMILES string of the molecule is N=C(c1ccc(N=NNc2ccc(C(=N)N3CCOCC3)cc2)cc1)N1CCOCC1. The maximum atomic E-state index is 8.34. The van der Waals surface area contributed by atoms with Crippen LogP contribution < -0.4 is 5.43 Å².